The van der Waals surface area contributed by atoms with Crippen molar-refractivity contribution in [3.05, 3.63) is 20.4 Å². The molecule has 2 aromatic heterocycles. The molecule has 0 amide bonds. The summed E-state index contributed by atoms with van der Waals surface area (Å²) in [6, 6.07) is 0. The second-order valence-corrected chi connectivity index (χ2v) is 5.83. The quantitative estimate of drug-likeness (QED) is 0.764. The van der Waals surface area contributed by atoms with Gasteiger partial charge in [-0.3, -0.25) is 0 Å². The van der Waals surface area contributed by atoms with Gasteiger partial charge in [-0.1, -0.05) is 0 Å². The van der Waals surface area contributed by atoms with Gasteiger partial charge in [0.2, 0.25) is 0 Å². The zero-order chi connectivity index (χ0) is 11.9. The van der Waals surface area contributed by atoms with Gasteiger partial charge >= 0.3 is 5.97 Å². The fourth-order valence-electron chi connectivity index (χ4n) is 1.63. The summed E-state index contributed by atoms with van der Waals surface area (Å²) in [5.74, 6) is -0.995. The lowest BCUT2D eigenvalue weighted by Gasteiger charge is -1.97. The van der Waals surface area contributed by atoms with Crippen molar-refractivity contribution in [1.29, 1.82) is 0 Å². The number of esters is 1. The van der Waals surface area contributed by atoms with Crippen LogP contribution in [0.5, 0.6) is 0 Å². The van der Waals surface area contributed by atoms with Gasteiger partial charge in [-0.2, -0.15) is 0 Å². The molecule has 0 aliphatic carbocycles. The average Bonchev–Trinajstić information content (AvgIpc) is 2.68. The monoisotopic (exact) mass is 258 g/mol. The van der Waals surface area contributed by atoms with E-state index in [1.165, 1.54) is 11.3 Å². The number of rotatable bonds is 2. The number of fused-ring (bicyclic) bond motifs is 1. The molecule has 2 heterocycles. The molecule has 0 aliphatic heterocycles. The van der Waals surface area contributed by atoms with Crippen molar-refractivity contribution in [3.8, 4) is 0 Å². The fraction of sp³-hybridized carbons (Fsp3) is 0.364. The number of carbonyl (C=O) groups is 1. The van der Waals surface area contributed by atoms with Gasteiger partial charge in [0.25, 0.3) is 0 Å². The SMILES string of the molecule is CCOC(=O)c1sc2c(C)sc(C)c2c1F. The molecule has 0 atom stereocenters. The first-order chi connectivity index (χ1) is 7.56. The van der Waals surface area contributed by atoms with Gasteiger partial charge in [-0.15, -0.1) is 22.7 Å². The number of hydrogen-bond donors (Lipinski definition) is 0. The van der Waals surface area contributed by atoms with Crippen LogP contribution in [-0.2, 0) is 4.74 Å². The van der Waals surface area contributed by atoms with Gasteiger partial charge in [0.15, 0.2) is 5.82 Å². The van der Waals surface area contributed by atoms with Crippen LogP contribution in [0.2, 0.25) is 0 Å². The van der Waals surface area contributed by atoms with E-state index in [9.17, 15) is 9.18 Å². The normalized spacial score (nSPS) is 11.0. The third kappa shape index (κ3) is 1.64. The van der Waals surface area contributed by atoms with E-state index in [2.05, 4.69) is 0 Å². The minimum absolute atomic E-state index is 0.0888. The first kappa shape index (κ1) is 11.5. The van der Waals surface area contributed by atoms with Crippen LogP contribution in [0.1, 0.15) is 26.3 Å². The minimum Gasteiger partial charge on any atom is -0.462 e. The average molecular weight is 258 g/mol. The Labute approximate surface area is 101 Å². The van der Waals surface area contributed by atoms with E-state index in [-0.39, 0.29) is 11.5 Å². The lowest BCUT2D eigenvalue weighted by Crippen LogP contribution is -2.03. The van der Waals surface area contributed by atoms with Crippen LogP contribution in [0.15, 0.2) is 0 Å². The summed E-state index contributed by atoms with van der Waals surface area (Å²) in [7, 11) is 0. The third-order valence-corrected chi connectivity index (χ3v) is 4.70. The van der Waals surface area contributed by atoms with Crippen molar-refractivity contribution < 1.29 is 13.9 Å². The Morgan fingerprint density at radius 3 is 2.56 bits per heavy atom. The Balaban J connectivity index is 2.61. The van der Waals surface area contributed by atoms with Gasteiger partial charge < -0.3 is 4.74 Å². The highest BCUT2D eigenvalue weighted by atomic mass is 32.1. The largest absolute Gasteiger partial charge is 0.462 e. The van der Waals surface area contributed by atoms with Gasteiger partial charge in [-0.25, -0.2) is 9.18 Å². The number of thiophene rings is 2. The van der Waals surface area contributed by atoms with Gasteiger partial charge in [0, 0.05) is 15.1 Å². The highest BCUT2D eigenvalue weighted by Gasteiger charge is 2.23. The molecule has 86 valence electrons. The molecule has 0 bridgehead atoms. The van der Waals surface area contributed by atoms with E-state index in [0.717, 1.165) is 14.5 Å². The molecule has 0 radical (unpaired) electrons. The maximum atomic E-state index is 14.0. The Morgan fingerprint density at radius 2 is 2.00 bits per heavy atom. The second kappa shape index (κ2) is 4.14. The first-order valence-electron chi connectivity index (χ1n) is 4.91. The molecular weight excluding hydrogens is 247 g/mol. The van der Waals surface area contributed by atoms with Gasteiger partial charge in [0.1, 0.15) is 4.88 Å². The van der Waals surface area contributed by atoms with Crippen LogP contribution in [0.25, 0.3) is 10.1 Å². The van der Waals surface area contributed by atoms with E-state index in [1.807, 2.05) is 13.8 Å². The predicted molar refractivity (Wildman–Crippen MR) is 65.1 cm³/mol. The molecule has 5 heteroatoms. The zero-order valence-electron chi connectivity index (χ0n) is 9.22. The van der Waals surface area contributed by atoms with Crippen molar-refractivity contribution in [3.63, 3.8) is 0 Å². The Bertz CT molecular complexity index is 554. The second-order valence-electron chi connectivity index (χ2n) is 3.38. The van der Waals surface area contributed by atoms with Crippen LogP contribution in [0.4, 0.5) is 4.39 Å². The van der Waals surface area contributed by atoms with E-state index in [4.69, 9.17) is 4.74 Å². The number of ether oxygens (including phenoxy) is 1. The summed E-state index contributed by atoms with van der Waals surface area (Å²) in [4.78, 5) is 13.6. The molecule has 2 aromatic rings. The van der Waals surface area contributed by atoms with Crippen LogP contribution < -0.4 is 0 Å². The summed E-state index contributed by atoms with van der Waals surface area (Å²) >= 11 is 2.74. The molecule has 2 rings (SSSR count). The molecule has 0 saturated carbocycles. The molecular formula is C11H11FO2S2. The Hall–Kier alpha value is -0.940. The van der Waals surface area contributed by atoms with Crippen LogP contribution >= 0.6 is 22.7 Å². The standard InChI is InChI=1S/C11H11FO2S2/c1-4-14-11(13)10-8(12)7-5(2)15-6(3)9(7)16-10/h4H2,1-3H3. The van der Waals surface area contributed by atoms with Crippen molar-refractivity contribution in [2.45, 2.75) is 20.8 Å². The topological polar surface area (TPSA) is 26.3 Å². The summed E-state index contributed by atoms with van der Waals surface area (Å²) in [6.45, 7) is 5.78. The Kier molecular flexibility index (Phi) is 2.99. The number of halogens is 1. The maximum absolute atomic E-state index is 14.0. The van der Waals surface area contributed by atoms with E-state index >= 15 is 0 Å². The molecule has 16 heavy (non-hydrogen) atoms. The van der Waals surface area contributed by atoms with Crippen LogP contribution in [-0.4, -0.2) is 12.6 Å². The smallest absolute Gasteiger partial charge is 0.351 e. The first-order valence-corrected chi connectivity index (χ1v) is 6.54. The highest BCUT2D eigenvalue weighted by Crippen LogP contribution is 2.39. The molecule has 0 fully saturated rings. The maximum Gasteiger partial charge on any atom is 0.351 e. The molecule has 0 N–H and O–H groups in total. The van der Waals surface area contributed by atoms with Crippen LogP contribution in [0, 0.1) is 19.7 Å². The van der Waals surface area contributed by atoms with Crippen molar-refractivity contribution >= 4 is 38.7 Å². The highest BCUT2D eigenvalue weighted by molar-refractivity contribution is 7.25. The van der Waals surface area contributed by atoms with E-state index < -0.39 is 11.8 Å². The summed E-state index contributed by atoms with van der Waals surface area (Å²) in [5, 5.41) is 0.579. The van der Waals surface area contributed by atoms with E-state index in [1.54, 1.807) is 18.3 Å². The molecule has 0 saturated heterocycles. The molecule has 0 aromatic carbocycles. The molecule has 2 nitrogen and oxygen atoms in total. The zero-order valence-corrected chi connectivity index (χ0v) is 10.9. The van der Waals surface area contributed by atoms with Crippen molar-refractivity contribution in [2.75, 3.05) is 6.61 Å². The number of carbonyl (C=O) groups excluding carboxylic acids is 1. The third-order valence-electron chi connectivity index (χ3n) is 2.29. The number of hydrogen-bond acceptors (Lipinski definition) is 4. The van der Waals surface area contributed by atoms with Gasteiger partial charge in [0.05, 0.1) is 11.3 Å². The van der Waals surface area contributed by atoms with E-state index in [0.29, 0.717) is 5.39 Å². The number of aryl methyl sites for hydroxylation is 2. The van der Waals surface area contributed by atoms with Crippen molar-refractivity contribution in [1.82, 2.24) is 0 Å². The van der Waals surface area contributed by atoms with Gasteiger partial charge in [-0.05, 0) is 20.8 Å². The lowest BCUT2D eigenvalue weighted by molar-refractivity contribution is 0.0527. The fourth-order valence-corrected chi connectivity index (χ4v) is 3.92. The van der Waals surface area contributed by atoms with Crippen molar-refractivity contribution in [2.24, 2.45) is 0 Å². The van der Waals surface area contributed by atoms with Crippen LogP contribution in [0.3, 0.4) is 0 Å². The minimum atomic E-state index is -0.565. The summed E-state index contributed by atoms with van der Waals surface area (Å²) in [6.07, 6.45) is 0. The molecule has 0 aliphatic rings. The molecule has 0 unspecified atom stereocenters. The molecule has 0 spiro atoms. The summed E-state index contributed by atoms with van der Waals surface area (Å²) in [5.41, 5.74) is 0. The summed E-state index contributed by atoms with van der Waals surface area (Å²) < 4.78 is 19.7. The Morgan fingerprint density at radius 1 is 1.31 bits per heavy atom. The lowest BCUT2D eigenvalue weighted by atomic mass is 10.3. The predicted octanol–water partition coefficient (Wildman–Crippen LogP) is 3.90.